The number of carbonyl (C=O) groups is 5. The minimum Gasteiger partial charge on any atom is -0.378 e. The van der Waals surface area contributed by atoms with Crippen LogP contribution in [0, 0.1) is 5.92 Å². The van der Waals surface area contributed by atoms with Gasteiger partial charge in [-0.2, -0.15) is 5.10 Å². The summed E-state index contributed by atoms with van der Waals surface area (Å²) in [5, 5.41) is 26.4. The van der Waals surface area contributed by atoms with Crippen molar-refractivity contribution in [2.45, 2.75) is 71.3 Å². The van der Waals surface area contributed by atoms with Crippen LogP contribution in [0.2, 0.25) is 0 Å². The van der Waals surface area contributed by atoms with E-state index in [-0.39, 0.29) is 37.9 Å². The Morgan fingerprint density at radius 2 is 1.54 bits per heavy atom. The zero-order valence-electron chi connectivity index (χ0n) is 27.7. The van der Waals surface area contributed by atoms with Crippen LogP contribution in [-0.2, 0) is 30.5 Å². The molecule has 14 nitrogen and oxygen atoms in total. The van der Waals surface area contributed by atoms with Crippen LogP contribution in [0.3, 0.4) is 0 Å². The summed E-state index contributed by atoms with van der Waals surface area (Å²) in [5.74, 6) is -1.99. The molecule has 0 fully saturated rings. The molecule has 256 valence electrons. The number of aliphatic hydroxyl groups is 1. The van der Waals surface area contributed by atoms with E-state index in [1.807, 2.05) is 44.2 Å². The summed E-state index contributed by atoms with van der Waals surface area (Å²) in [5.41, 5.74) is 1.09. The van der Waals surface area contributed by atoms with Gasteiger partial charge < -0.3 is 31.3 Å². The molecule has 4 rings (SSSR count). The predicted molar refractivity (Wildman–Crippen MR) is 177 cm³/mol. The van der Waals surface area contributed by atoms with Crippen molar-refractivity contribution < 1.29 is 29.1 Å². The molecule has 0 unspecified atom stereocenters. The molecule has 4 atom stereocenters. The summed E-state index contributed by atoms with van der Waals surface area (Å²) in [6.45, 7) is 6.59. The Hall–Kier alpha value is -5.11. The lowest BCUT2D eigenvalue weighted by Gasteiger charge is -2.26. The van der Waals surface area contributed by atoms with Gasteiger partial charge in [-0.15, -0.1) is 0 Å². The number of nitrogens with zero attached hydrogens (tertiary/aromatic N) is 4. The fourth-order valence-corrected chi connectivity index (χ4v) is 5.31. The number of aliphatic hydroxyl groups excluding tert-OH is 1. The lowest BCUT2D eigenvalue weighted by Crippen LogP contribution is -2.54. The number of nitrogens with one attached hydrogen (secondary N) is 4. The summed E-state index contributed by atoms with van der Waals surface area (Å²) in [4.78, 5) is 72.1. The Bertz CT molecular complexity index is 1580. The van der Waals surface area contributed by atoms with Crippen LogP contribution in [0.15, 0.2) is 60.7 Å². The first kappa shape index (κ1) is 35.7. The molecule has 0 radical (unpaired) electrons. The first-order chi connectivity index (χ1) is 22.9. The molecule has 14 heteroatoms. The minimum atomic E-state index is -1.52. The van der Waals surface area contributed by atoms with E-state index < -0.39 is 54.4 Å². The van der Waals surface area contributed by atoms with Crippen LogP contribution in [-0.4, -0.2) is 86.0 Å². The SMILES string of the molecule is CC(C)C[C@H]1NC(=O)[C@@H](C)NC(=O)CN(C(=O)[C@H](O)c2ccccc2)CCCNC(=O)Cn2nc(-c3ccccc3)nc2[C@H](C)NC1=O. The molecule has 1 aromatic heterocycles. The smallest absolute Gasteiger partial charge is 0.256 e. The summed E-state index contributed by atoms with van der Waals surface area (Å²) in [6, 6.07) is 14.9. The topological polar surface area (TPSA) is 188 Å². The monoisotopic (exact) mass is 660 g/mol. The molecule has 5 N–H and O–H groups in total. The summed E-state index contributed by atoms with van der Waals surface area (Å²) in [6.07, 6.45) is -0.933. The van der Waals surface area contributed by atoms with Gasteiger partial charge in [0.25, 0.3) is 5.91 Å². The molecular formula is C34H44N8O6. The molecule has 3 aromatic rings. The fraction of sp³-hybridized carbons (Fsp3) is 0.441. The maximum Gasteiger partial charge on any atom is 0.256 e. The average molecular weight is 661 g/mol. The number of carbonyl (C=O) groups excluding carboxylic acids is 5. The highest BCUT2D eigenvalue weighted by Crippen LogP contribution is 2.20. The number of hydrogen-bond acceptors (Lipinski definition) is 8. The second kappa shape index (κ2) is 16.6. The minimum absolute atomic E-state index is 0.0374. The number of benzene rings is 2. The van der Waals surface area contributed by atoms with Crippen LogP contribution >= 0.6 is 0 Å². The number of fused-ring (bicyclic) bond motifs is 1. The van der Waals surface area contributed by atoms with E-state index in [0.717, 1.165) is 5.56 Å². The van der Waals surface area contributed by atoms with E-state index >= 15 is 0 Å². The highest BCUT2D eigenvalue weighted by atomic mass is 16.3. The summed E-state index contributed by atoms with van der Waals surface area (Å²) < 4.78 is 1.43. The average Bonchev–Trinajstić information content (AvgIpc) is 3.49. The van der Waals surface area contributed by atoms with Crippen molar-refractivity contribution in [3.8, 4) is 11.4 Å². The highest BCUT2D eigenvalue weighted by Gasteiger charge is 2.30. The van der Waals surface area contributed by atoms with Gasteiger partial charge in [0.05, 0.1) is 12.6 Å². The zero-order valence-corrected chi connectivity index (χ0v) is 27.7. The molecule has 2 heterocycles. The highest BCUT2D eigenvalue weighted by molar-refractivity contribution is 5.93. The third kappa shape index (κ3) is 9.70. The molecule has 0 aliphatic carbocycles. The molecule has 5 amide bonds. The second-order valence-electron chi connectivity index (χ2n) is 12.3. The Morgan fingerprint density at radius 3 is 2.21 bits per heavy atom. The lowest BCUT2D eigenvalue weighted by atomic mass is 10.0. The van der Waals surface area contributed by atoms with Gasteiger partial charge in [0, 0.05) is 18.7 Å². The van der Waals surface area contributed by atoms with E-state index in [9.17, 15) is 29.1 Å². The van der Waals surface area contributed by atoms with E-state index in [1.165, 1.54) is 16.5 Å². The number of aromatic nitrogens is 3. The van der Waals surface area contributed by atoms with Crippen molar-refractivity contribution in [1.29, 1.82) is 0 Å². The first-order valence-electron chi connectivity index (χ1n) is 16.1. The van der Waals surface area contributed by atoms with Crippen molar-refractivity contribution in [2.24, 2.45) is 5.92 Å². The van der Waals surface area contributed by atoms with E-state index in [1.54, 1.807) is 37.3 Å². The van der Waals surface area contributed by atoms with Gasteiger partial charge in [-0.25, -0.2) is 9.67 Å². The molecule has 1 aliphatic rings. The number of amides is 5. The molecular weight excluding hydrogens is 616 g/mol. The van der Waals surface area contributed by atoms with Gasteiger partial charge in [-0.05, 0) is 38.2 Å². The quantitative estimate of drug-likeness (QED) is 0.270. The lowest BCUT2D eigenvalue weighted by molar-refractivity contribution is -0.144. The van der Waals surface area contributed by atoms with Gasteiger partial charge in [0.15, 0.2) is 11.9 Å². The van der Waals surface area contributed by atoms with Crippen molar-refractivity contribution in [3.63, 3.8) is 0 Å². The molecule has 48 heavy (non-hydrogen) atoms. The number of rotatable bonds is 5. The van der Waals surface area contributed by atoms with Crippen LogP contribution < -0.4 is 21.3 Å². The van der Waals surface area contributed by atoms with Crippen LogP contribution in [0.1, 0.15) is 64.1 Å². The molecule has 0 saturated heterocycles. The maximum absolute atomic E-state index is 13.5. The van der Waals surface area contributed by atoms with E-state index in [2.05, 4.69) is 31.3 Å². The van der Waals surface area contributed by atoms with Gasteiger partial charge in [0.2, 0.25) is 23.6 Å². The molecule has 0 saturated carbocycles. The van der Waals surface area contributed by atoms with Gasteiger partial charge in [0.1, 0.15) is 24.5 Å². The largest absolute Gasteiger partial charge is 0.378 e. The normalized spacial score (nSPS) is 21.0. The van der Waals surface area contributed by atoms with Crippen molar-refractivity contribution in [3.05, 3.63) is 72.1 Å². The Morgan fingerprint density at radius 1 is 0.875 bits per heavy atom. The molecule has 0 bridgehead atoms. The third-order valence-electron chi connectivity index (χ3n) is 7.80. The number of hydrogen-bond donors (Lipinski definition) is 5. The van der Waals surface area contributed by atoms with E-state index in [0.29, 0.717) is 23.6 Å². The summed E-state index contributed by atoms with van der Waals surface area (Å²) in [7, 11) is 0. The van der Waals surface area contributed by atoms with Crippen LogP contribution in [0.25, 0.3) is 11.4 Å². The molecule has 0 spiro atoms. The van der Waals surface area contributed by atoms with Crippen LogP contribution in [0.5, 0.6) is 0 Å². The Kier molecular flexibility index (Phi) is 12.4. The first-order valence-corrected chi connectivity index (χ1v) is 16.1. The van der Waals surface area contributed by atoms with Gasteiger partial charge in [-0.3, -0.25) is 24.0 Å². The third-order valence-corrected chi connectivity index (χ3v) is 7.80. The standard InChI is InChI=1S/C34H44N8O6/c1-21(2)18-26-33(47)37-22(3)31-39-30(25-14-9-6-10-15-25)40-42(31)20-27(43)35-16-11-17-41(19-28(44)36-23(4)32(46)38-26)34(48)29(45)24-12-7-5-8-13-24/h5-10,12-15,21-23,26,29,45H,11,16-20H2,1-4H3,(H,35,43)(H,36,44)(H,37,47)(H,38,46)/t22-,23+,26+,29+/m0/s1. The Labute approximate surface area is 279 Å². The zero-order chi connectivity index (χ0) is 34.8. The second-order valence-corrected chi connectivity index (χ2v) is 12.3. The van der Waals surface area contributed by atoms with Crippen molar-refractivity contribution >= 4 is 29.5 Å². The maximum atomic E-state index is 13.5. The molecule has 2 aromatic carbocycles. The Balaban J connectivity index is 1.62. The van der Waals surface area contributed by atoms with Gasteiger partial charge in [-0.1, -0.05) is 74.5 Å². The summed E-state index contributed by atoms with van der Waals surface area (Å²) >= 11 is 0. The fourth-order valence-electron chi connectivity index (χ4n) is 5.31. The van der Waals surface area contributed by atoms with Crippen molar-refractivity contribution in [2.75, 3.05) is 19.6 Å². The van der Waals surface area contributed by atoms with Crippen LogP contribution in [0.4, 0.5) is 0 Å². The predicted octanol–water partition coefficient (Wildman–Crippen LogP) is 1.24. The van der Waals surface area contributed by atoms with Crippen molar-refractivity contribution in [1.82, 2.24) is 40.9 Å². The van der Waals surface area contributed by atoms with Gasteiger partial charge >= 0.3 is 0 Å². The molecule has 1 aliphatic heterocycles. The van der Waals surface area contributed by atoms with E-state index in [4.69, 9.17) is 0 Å².